The van der Waals surface area contributed by atoms with Gasteiger partial charge in [-0.15, -0.1) is 0 Å². The second kappa shape index (κ2) is 14.6. The van der Waals surface area contributed by atoms with Gasteiger partial charge in [-0.05, 0) is 38.5 Å². The first-order valence-corrected chi connectivity index (χ1v) is 12.9. The molecule has 0 radical (unpaired) electrons. The van der Waals surface area contributed by atoms with Crippen molar-refractivity contribution in [2.45, 2.75) is 118 Å². The summed E-state index contributed by atoms with van der Waals surface area (Å²) in [5, 5.41) is 1.16. The van der Waals surface area contributed by atoms with E-state index >= 15 is 0 Å². The SMILES string of the molecule is CC1=C(OCCCC[C@@H](C)CCCCCCCCCCBr)CCC(C)(C)C1=O. The van der Waals surface area contributed by atoms with Crippen LogP contribution in [0.1, 0.15) is 118 Å². The van der Waals surface area contributed by atoms with E-state index in [0.717, 1.165) is 48.4 Å². The first-order chi connectivity index (χ1) is 13.4. The lowest BCUT2D eigenvalue weighted by Gasteiger charge is -2.30. The molecule has 28 heavy (non-hydrogen) atoms. The Morgan fingerprint density at radius 1 is 0.929 bits per heavy atom. The Morgan fingerprint density at radius 3 is 2.07 bits per heavy atom. The molecule has 2 nitrogen and oxygen atoms in total. The molecule has 1 rings (SSSR count). The highest BCUT2D eigenvalue weighted by Crippen LogP contribution is 2.35. The number of alkyl halides is 1. The van der Waals surface area contributed by atoms with Crippen molar-refractivity contribution >= 4 is 21.7 Å². The summed E-state index contributed by atoms with van der Waals surface area (Å²) in [5.41, 5.74) is 0.646. The highest BCUT2D eigenvalue weighted by Gasteiger charge is 2.34. The second-order valence-corrected chi connectivity index (χ2v) is 10.3. The van der Waals surface area contributed by atoms with Crippen molar-refractivity contribution in [3.63, 3.8) is 0 Å². The first-order valence-electron chi connectivity index (χ1n) is 11.8. The molecule has 0 unspecified atom stereocenters. The molecular formula is C25H45BrO2. The monoisotopic (exact) mass is 456 g/mol. The molecule has 0 aromatic rings. The van der Waals surface area contributed by atoms with E-state index in [-0.39, 0.29) is 11.2 Å². The van der Waals surface area contributed by atoms with Gasteiger partial charge in [-0.2, -0.15) is 0 Å². The smallest absolute Gasteiger partial charge is 0.167 e. The normalized spacial score (nSPS) is 17.8. The minimum absolute atomic E-state index is 0.209. The number of hydrogen-bond acceptors (Lipinski definition) is 2. The molecule has 0 amide bonds. The zero-order valence-corrected chi connectivity index (χ0v) is 20.7. The number of carbonyl (C=O) groups is 1. The van der Waals surface area contributed by atoms with Crippen LogP contribution in [0.4, 0.5) is 0 Å². The van der Waals surface area contributed by atoms with Crippen LogP contribution in [-0.4, -0.2) is 17.7 Å². The molecule has 1 aliphatic carbocycles. The van der Waals surface area contributed by atoms with E-state index in [1.807, 2.05) is 20.8 Å². The van der Waals surface area contributed by atoms with Crippen LogP contribution >= 0.6 is 15.9 Å². The molecule has 0 saturated carbocycles. The molecule has 1 atom stereocenters. The van der Waals surface area contributed by atoms with Gasteiger partial charge in [0.1, 0.15) is 5.76 Å². The highest BCUT2D eigenvalue weighted by molar-refractivity contribution is 9.09. The summed E-state index contributed by atoms with van der Waals surface area (Å²) in [7, 11) is 0. The van der Waals surface area contributed by atoms with Crippen LogP contribution < -0.4 is 0 Å². The van der Waals surface area contributed by atoms with E-state index in [1.54, 1.807) is 0 Å². The molecule has 0 N–H and O–H groups in total. The van der Waals surface area contributed by atoms with Gasteiger partial charge in [0.2, 0.25) is 0 Å². The minimum Gasteiger partial charge on any atom is -0.498 e. The number of ketones is 1. The molecular weight excluding hydrogens is 412 g/mol. The van der Waals surface area contributed by atoms with Crippen molar-refractivity contribution in [2.75, 3.05) is 11.9 Å². The van der Waals surface area contributed by atoms with E-state index in [0.29, 0.717) is 0 Å². The van der Waals surface area contributed by atoms with E-state index in [9.17, 15) is 4.79 Å². The van der Waals surface area contributed by atoms with Crippen LogP contribution in [0.5, 0.6) is 0 Å². The van der Waals surface area contributed by atoms with Crippen molar-refractivity contribution in [1.82, 2.24) is 0 Å². The van der Waals surface area contributed by atoms with E-state index in [1.165, 1.54) is 70.6 Å². The number of hydrogen-bond donors (Lipinski definition) is 0. The number of Topliss-reactive ketones (excluding diaryl/α,β-unsaturated/α-hetero) is 1. The fraction of sp³-hybridized carbons (Fsp3) is 0.880. The van der Waals surface area contributed by atoms with Crippen molar-refractivity contribution in [3.8, 4) is 0 Å². The molecule has 164 valence electrons. The van der Waals surface area contributed by atoms with Crippen LogP contribution in [0.3, 0.4) is 0 Å². The van der Waals surface area contributed by atoms with Crippen molar-refractivity contribution in [2.24, 2.45) is 11.3 Å². The standard InChI is InChI=1S/C25H45BrO2/c1-21(15-11-9-7-5-6-8-10-13-19-26)16-12-14-20-28-23-17-18-25(3,4)24(27)22(23)2/h21H,5-20H2,1-4H3/t21-/m0/s1. The summed E-state index contributed by atoms with van der Waals surface area (Å²) < 4.78 is 5.96. The van der Waals surface area contributed by atoms with E-state index in [2.05, 4.69) is 22.9 Å². The molecule has 0 fully saturated rings. The Bertz CT molecular complexity index is 467. The lowest BCUT2D eigenvalue weighted by molar-refractivity contribution is -0.124. The lowest BCUT2D eigenvalue weighted by Crippen LogP contribution is -2.30. The van der Waals surface area contributed by atoms with Gasteiger partial charge in [-0.3, -0.25) is 4.79 Å². The molecule has 3 heteroatoms. The zero-order valence-electron chi connectivity index (χ0n) is 19.1. The molecule has 0 aromatic heterocycles. The molecule has 0 aliphatic heterocycles. The first kappa shape index (κ1) is 25.7. The molecule has 0 heterocycles. The summed E-state index contributed by atoms with van der Waals surface area (Å²) in [4.78, 5) is 12.3. The highest BCUT2D eigenvalue weighted by atomic mass is 79.9. The Morgan fingerprint density at radius 2 is 1.46 bits per heavy atom. The fourth-order valence-corrected chi connectivity index (χ4v) is 4.52. The van der Waals surface area contributed by atoms with Crippen molar-refractivity contribution in [1.29, 1.82) is 0 Å². The Labute approximate surface area is 183 Å². The summed E-state index contributed by atoms with van der Waals surface area (Å²) >= 11 is 3.50. The summed E-state index contributed by atoms with van der Waals surface area (Å²) in [6.45, 7) is 9.19. The summed E-state index contributed by atoms with van der Waals surface area (Å²) in [5.74, 6) is 2.04. The predicted molar refractivity (Wildman–Crippen MR) is 125 cm³/mol. The van der Waals surface area contributed by atoms with Crippen molar-refractivity contribution < 1.29 is 9.53 Å². The fourth-order valence-electron chi connectivity index (χ4n) is 4.12. The molecule has 0 aromatic carbocycles. The second-order valence-electron chi connectivity index (χ2n) is 9.52. The maximum atomic E-state index is 12.3. The van der Waals surface area contributed by atoms with Crippen LogP contribution in [0.15, 0.2) is 11.3 Å². The number of allylic oxidation sites excluding steroid dienone is 2. The van der Waals surface area contributed by atoms with Crippen LogP contribution in [0.2, 0.25) is 0 Å². The Balaban J connectivity index is 1.99. The average molecular weight is 458 g/mol. The Kier molecular flexibility index (Phi) is 13.4. The molecule has 0 spiro atoms. The molecule has 0 bridgehead atoms. The number of unbranched alkanes of at least 4 members (excludes halogenated alkanes) is 8. The maximum absolute atomic E-state index is 12.3. The van der Waals surface area contributed by atoms with Gasteiger partial charge >= 0.3 is 0 Å². The third-order valence-electron chi connectivity index (χ3n) is 6.30. The average Bonchev–Trinajstić information content (AvgIpc) is 2.66. The van der Waals surface area contributed by atoms with Gasteiger partial charge < -0.3 is 4.74 Å². The molecule has 0 saturated heterocycles. The van der Waals surface area contributed by atoms with Gasteiger partial charge in [0.25, 0.3) is 0 Å². The van der Waals surface area contributed by atoms with Crippen LogP contribution in [0, 0.1) is 11.3 Å². The summed E-state index contributed by atoms with van der Waals surface area (Å²) in [6, 6.07) is 0. The summed E-state index contributed by atoms with van der Waals surface area (Å²) in [6.07, 6.45) is 18.0. The van der Waals surface area contributed by atoms with Crippen LogP contribution in [-0.2, 0) is 9.53 Å². The molecule has 1 aliphatic rings. The quantitative estimate of drug-likeness (QED) is 0.172. The van der Waals surface area contributed by atoms with Gasteiger partial charge in [0.15, 0.2) is 5.78 Å². The van der Waals surface area contributed by atoms with Gasteiger partial charge in [0, 0.05) is 22.7 Å². The van der Waals surface area contributed by atoms with Crippen LogP contribution in [0.25, 0.3) is 0 Å². The van der Waals surface area contributed by atoms with Gasteiger partial charge in [0.05, 0.1) is 6.61 Å². The zero-order chi connectivity index (χ0) is 20.8. The Hall–Kier alpha value is -0.310. The number of rotatable bonds is 16. The largest absolute Gasteiger partial charge is 0.498 e. The number of carbonyl (C=O) groups excluding carboxylic acids is 1. The lowest BCUT2D eigenvalue weighted by atomic mass is 9.76. The minimum atomic E-state index is -0.209. The number of ether oxygens (including phenoxy) is 1. The third-order valence-corrected chi connectivity index (χ3v) is 6.86. The van der Waals surface area contributed by atoms with E-state index < -0.39 is 0 Å². The predicted octanol–water partition coefficient (Wildman–Crippen LogP) is 8.38. The number of halogens is 1. The topological polar surface area (TPSA) is 26.3 Å². The van der Waals surface area contributed by atoms with Gasteiger partial charge in [-0.25, -0.2) is 0 Å². The maximum Gasteiger partial charge on any atom is 0.167 e. The van der Waals surface area contributed by atoms with Crippen molar-refractivity contribution in [3.05, 3.63) is 11.3 Å². The van der Waals surface area contributed by atoms with E-state index in [4.69, 9.17) is 4.74 Å². The third kappa shape index (κ3) is 10.5. The van der Waals surface area contributed by atoms with Gasteiger partial charge in [-0.1, -0.05) is 94.5 Å².